The molecule has 0 aromatic heterocycles. The van der Waals surface area contributed by atoms with Crippen molar-refractivity contribution in [3.05, 3.63) is 0 Å². The van der Waals surface area contributed by atoms with Gasteiger partial charge in [-0.05, 0) is 38.4 Å². The van der Waals surface area contributed by atoms with Crippen molar-refractivity contribution in [2.75, 3.05) is 45.8 Å². The molecule has 2 aliphatic rings. The van der Waals surface area contributed by atoms with E-state index in [0.29, 0.717) is 0 Å². The van der Waals surface area contributed by atoms with E-state index in [4.69, 9.17) is 0 Å². The molecule has 1 amide bonds. The van der Waals surface area contributed by atoms with E-state index >= 15 is 0 Å². The van der Waals surface area contributed by atoms with Crippen LogP contribution in [0.1, 0.15) is 19.8 Å². The Bertz CT molecular complexity index is 238. The van der Waals surface area contributed by atoms with Crippen molar-refractivity contribution in [3.63, 3.8) is 0 Å². The maximum atomic E-state index is 11.3. The normalized spacial score (nSPS) is 28.1. The van der Waals surface area contributed by atoms with E-state index in [-0.39, 0.29) is 5.91 Å². The van der Waals surface area contributed by atoms with Gasteiger partial charge in [0.15, 0.2) is 0 Å². The average Bonchev–Trinajstić information content (AvgIpc) is 2.63. The van der Waals surface area contributed by atoms with Crippen LogP contribution in [0.5, 0.6) is 0 Å². The van der Waals surface area contributed by atoms with E-state index < -0.39 is 0 Å². The first-order valence-electron chi connectivity index (χ1n) is 6.44. The van der Waals surface area contributed by atoms with Crippen molar-refractivity contribution in [2.24, 2.45) is 5.92 Å². The highest BCUT2D eigenvalue weighted by atomic mass is 16.2. The first kappa shape index (κ1) is 11.9. The fraction of sp³-hybridized carbons (Fsp3) is 0.917. The number of carbonyl (C=O) groups is 1. The fourth-order valence-electron chi connectivity index (χ4n) is 2.70. The van der Waals surface area contributed by atoms with Crippen LogP contribution in [0, 0.1) is 5.92 Å². The maximum Gasteiger partial charge on any atom is 0.219 e. The Hall–Kier alpha value is -0.610. The van der Waals surface area contributed by atoms with Crippen LogP contribution in [0.25, 0.3) is 0 Å². The van der Waals surface area contributed by atoms with Crippen molar-refractivity contribution in [1.29, 1.82) is 0 Å². The summed E-state index contributed by atoms with van der Waals surface area (Å²) in [6.07, 6.45) is 2.44. The summed E-state index contributed by atoms with van der Waals surface area (Å²) in [4.78, 5) is 15.8. The lowest BCUT2D eigenvalue weighted by Crippen LogP contribution is -2.36. The van der Waals surface area contributed by atoms with Gasteiger partial charge in [0.2, 0.25) is 5.91 Å². The fourth-order valence-corrected chi connectivity index (χ4v) is 2.70. The van der Waals surface area contributed by atoms with Crippen molar-refractivity contribution >= 4 is 5.91 Å². The van der Waals surface area contributed by atoms with Gasteiger partial charge in [-0.25, -0.2) is 0 Å². The Morgan fingerprint density at radius 1 is 1.31 bits per heavy atom. The molecule has 2 saturated heterocycles. The van der Waals surface area contributed by atoms with Gasteiger partial charge < -0.3 is 15.1 Å². The number of nitrogens with one attached hydrogen (secondary N) is 1. The minimum atomic E-state index is 0.226. The molecule has 1 unspecified atom stereocenters. The molecule has 1 atom stereocenters. The smallest absolute Gasteiger partial charge is 0.219 e. The van der Waals surface area contributed by atoms with Gasteiger partial charge in [0.05, 0.1) is 0 Å². The topological polar surface area (TPSA) is 35.6 Å². The molecule has 1 N–H and O–H groups in total. The SMILES string of the molecule is CC(=O)N1CCCN(CC2CCNC2)CC1. The summed E-state index contributed by atoms with van der Waals surface area (Å²) in [5.41, 5.74) is 0. The first-order valence-corrected chi connectivity index (χ1v) is 6.44. The van der Waals surface area contributed by atoms with Crippen molar-refractivity contribution in [1.82, 2.24) is 15.1 Å². The maximum absolute atomic E-state index is 11.3. The third-order valence-electron chi connectivity index (χ3n) is 3.71. The predicted molar refractivity (Wildman–Crippen MR) is 64.3 cm³/mol. The molecule has 2 aliphatic heterocycles. The Morgan fingerprint density at radius 2 is 2.19 bits per heavy atom. The van der Waals surface area contributed by atoms with Gasteiger partial charge >= 0.3 is 0 Å². The zero-order valence-electron chi connectivity index (χ0n) is 10.2. The van der Waals surface area contributed by atoms with Crippen LogP contribution in [0.15, 0.2) is 0 Å². The van der Waals surface area contributed by atoms with Gasteiger partial charge in [0.1, 0.15) is 0 Å². The molecule has 4 heteroatoms. The quantitative estimate of drug-likeness (QED) is 0.726. The second kappa shape index (κ2) is 5.64. The second-order valence-corrected chi connectivity index (χ2v) is 5.02. The van der Waals surface area contributed by atoms with E-state index in [1.807, 2.05) is 4.90 Å². The Morgan fingerprint density at radius 3 is 2.88 bits per heavy atom. The molecule has 0 spiro atoms. The molecule has 0 radical (unpaired) electrons. The highest BCUT2D eigenvalue weighted by Crippen LogP contribution is 2.12. The van der Waals surface area contributed by atoms with Gasteiger partial charge in [-0.3, -0.25) is 4.79 Å². The Balaban J connectivity index is 1.77. The lowest BCUT2D eigenvalue weighted by molar-refractivity contribution is -0.128. The largest absolute Gasteiger partial charge is 0.342 e. The summed E-state index contributed by atoms with van der Waals surface area (Å²) in [7, 11) is 0. The third-order valence-corrected chi connectivity index (χ3v) is 3.71. The van der Waals surface area contributed by atoms with Crippen LogP contribution in [0.4, 0.5) is 0 Å². The average molecular weight is 225 g/mol. The van der Waals surface area contributed by atoms with E-state index in [2.05, 4.69) is 10.2 Å². The molecule has 2 rings (SSSR count). The lowest BCUT2D eigenvalue weighted by atomic mass is 10.1. The van der Waals surface area contributed by atoms with Crippen LogP contribution >= 0.6 is 0 Å². The van der Waals surface area contributed by atoms with Gasteiger partial charge in [0, 0.05) is 33.1 Å². The number of carbonyl (C=O) groups excluding carboxylic acids is 1. The Kier molecular flexibility index (Phi) is 4.18. The second-order valence-electron chi connectivity index (χ2n) is 5.02. The van der Waals surface area contributed by atoms with Crippen molar-refractivity contribution < 1.29 is 4.79 Å². The van der Waals surface area contributed by atoms with Crippen LogP contribution in [0.3, 0.4) is 0 Å². The summed E-state index contributed by atoms with van der Waals surface area (Å²) >= 11 is 0. The number of nitrogens with zero attached hydrogens (tertiary/aromatic N) is 2. The van der Waals surface area contributed by atoms with E-state index in [1.54, 1.807) is 6.92 Å². The minimum absolute atomic E-state index is 0.226. The van der Waals surface area contributed by atoms with E-state index in [0.717, 1.165) is 38.5 Å². The molecule has 0 aromatic carbocycles. The molecule has 0 saturated carbocycles. The molecule has 4 nitrogen and oxygen atoms in total. The van der Waals surface area contributed by atoms with Gasteiger partial charge in [-0.15, -0.1) is 0 Å². The van der Waals surface area contributed by atoms with Gasteiger partial charge in [0.25, 0.3) is 0 Å². The first-order chi connectivity index (χ1) is 7.75. The predicted octanol–water partition coefficient (Wildman–Crippen LogP) is 0.150. The zero-order valence-corrected chi connectivity index (χ0v) is 10.2. The van der Waals surface area contributed by atoms with E-state index in [1.165, 1.54) is 26.1 Å². The number of amides is 1. The summed E-state index contributed by atoms with van der Waals surface area (Å²) in [5, 5.41) is 3.41. The van der Waals surface area contributed by atoms with Crippen LogP contribution in [0.2, 0.25) is 0 Å². The summed E-state index contributed by atoms with van der Waals surface area (Å²) in [5.74, 6) is 1.05. The highest BCUT2D eigenvalue weighted by Gasteiger charge is 2.21. The standard InChI is InChI=1S/C12H23N3O/c1-11(16)15-6-2-5-14(7-8-15)10-12-3-4-13-9-12/h12-13H,2-10H2,1H3. The number of hydrogen-bond donors (Lipinski definition) is 1. The molecule has 0 aromatic rings. The van der Waals surface area contributed by atoms with Gasteiger partial charge in [-0.2, -0.15) is 0 Å². The van der Waals surface area contributed by atoms with Gasteiger partial charge in [-0.1, -0.05) is 0 Å². The van der Waals surface area contributed by atoms with Crippen molar-refractivity contribution in [2.45, 2.75) is 19.8 Å². The lowest BCUT2D eigenvalue weighted by Gasteiger charge is -2.23. The molecule has 92 valence electrons. The summed E-state index contributed by atoms with van der Waals surface area (Å²) in [6, 6.07) is 0. The number of rotatable bonds is 2. The Labute approximate surface area is 98.0 Å². The molecule has 0 bridgehead atoms. The monoisotopic (exact) mass is 225 g/mol. The van der Waals surface area contributed by atoms with Crippen LogP contribution in [-0.4, -0.2) is 61.5 Å². The molecule has 0 aliphatic carbocycles. The highest BCUT2D eigenvalue weighted by molar-refractivity contribution is 5.73. The van der Waals surface area contributed by atoms with Crippen molar-refractivity contribution in [3.8, 4) is 0 Å². The minimum Gasteiger partial charge on any atom is -0.342 e. The molecule has 2 fully saturated rings. The molecule has 2 heterocycles. The third kappa shape index (κ3) is 3.19. The van der Waals surface area contributed by atoms with E-state index in [9.17, 15) is 4.79 Å². The summed E-state index contributed by atoms with van der Waals surface area (Å²) in [6.45, 7) is 9.29. The number of hydrogen-bond acceptors (Lipinski definition) is 3. The molecular weight excluding hydrogens is 202 g/mol. The van der Waals surface area contributed by atoms with Crippen LogP contribution < -0.4 is 5.32 Å². The molecular formula is C12H23N3O. The van der Waals surface area contributed by atoms with Crippen LogP contribution in [-0.2, 0) is 4.79 Å². The zero-order chi connectivity index (χ0) is 11.4. The molecule has 16 heavy (non-hydrogen) atoms. The summed E-state index contributed by atoms with van der Waals surface area (Å²) < 4.78 is 0.